The highest BCUT2D eigenvalue weighted by atomic mass is 16.5. The Morgan fingerprint density at radius 1 is 1.50 bits per heavy atom. The molecule has 1 unspecified atom stereocenters. The lowest BCUT2D eigenvalue weighted by Gasteiger charge is -2.09. The van der Waals surface area contributed by atoms with Crippen LogP contribution in [0.2, 0.25) is 0 Å². The summed E-state index contributed by atoms with van der Waals surface area (Å²) < 4.78 is 5.09. The van der Waals surface area contributed by atoms with E-state index in [4.69, 9.17) is 9.84 Å². The molecule has 16 heavy (non-hydrogen) atoms. The van der Waals surface area contributed by atoms with Crippen LogP contribution < -0.4 is 10.6 Å². The lowest BCUT2D eigenvalue weighted by Crippen LogP contribution is -2.27. The molecule has 5 heteroatoms. The third-order valence-corrected chi connectivity index (χ3v) is 2.66. The minimum atomic E-state index is 0.0566. The monoisotopic (exact) mass is 230 g/mol. The van der Waals surface area contributed by atoms with Gasteiger partial charge in [0, 0.05) is 19.6 Å². The van der Waals surface area contributed by atoms with E-state index >= 15 is 0 Å². The van der Waals surface area contributed by atoms with Crippen molar-refractivity contribution in [1.82, 2.24) is 10.6 Å². The van der Waals surface area contributed by atoms with Gasteiger partial charge in [-0.15, -0.1) is 0 Å². The molecule has 5 nitrogen and oxygen atoms in total. The molecule has 1 heterocycles. The lowest BCUT2D eigenvalue weighted by molar-refractivity contribution is -0.121. The Bertz CT molecular complexity index is 194. The number of hydrogen-bond donors (Lipinski definition) is 3. The van der Waals surface area contributed by atoms with Crippen molar-refractivity contribution in [3.63, 3.8) is 0 Å². The SMILES string of the molecule is O=C(CC1CCNC1)NCCCOCCO. The van der Waals surface area contributed by atoms with Crippen molar-refractivity contribution >= 4 is 5.91 Å². The van der Waals surface area contributed by atoms with Gasteiger partial charge in [0.25, 0.3) is 0 Å². The molecule has 0 bridgehead atoms. The summed E-state index contributed by atoms with van der Waals surface area (Å²) in [6.07, 6.45) is 2.53. The normalized spacial score (nSPS) is 19.9. The fourth-order valence-electron chi connectivity index (χ4n) is 1.79. The molecule has 0 aromatic heterocycles. The predicted molar refractivity (Wildman–Crippen MR) is 61.1 cm³/mol. The number of ether oxygens (including phenoxy) is 1. The number of hydrogen-bond acceptors (Lipinski definition) is 4. The van der Waals surface area contributed by atoms with Gasteiger partial charge in [0.15, 0.2) is 0 Å². The van der Waals surface area contributed by atoms with Crippen LogP contribution in [0.1, 0.15) is 19.3 Å². The standard InChI is InChI=1S/C11H22N2O3/c14-5-7-16-6-1-3-13-11(15)8-10-2-4-12-9-10/h10,12,14H,1-9H2,(H,13,15). The van der Waals surface area contributed by atoms with E-state index in [1.807, 2.05) is 0 Å². The van der Waals surface area contributed by atoms with Crippen LogP contribution in [0.4, 0.5) is 0 Å². The molecule has 0 aliphatic carbocycles. The number of aliphatic hydroxyl groups is 1. The van der Waals surface area contributed by atoms with Gasteiger partial charge >= 0.3 is 0 Å². The first kappa shape index (κ1) is 13.4. The van der Waals surface area contributed by atoms with Crippen LogP contribution >= 0.6 is 0 Å². The Hall–Kier alpha value is -0.650. The van der Waals surface area contributed by atoms with E-state index in [1.54, 1.807) is 0 Å². The fraction of sp³-hybridized carbons (Fsp3) is 0.909. The molecule has 94 valence electrons. The van der Waals surface area contributed by atoms with Crippen LogP contribution in [0, 0.1) is 5.92 Å². The molecule has 1 atom stereocenters. The van der Waals surface area contributed by atoms with E-state index in [-0.39, 0.29) is 12.5 Å². The molecule has 1 aliphatic rings. The average Bonchev–Trinajstić information content (AvgIpc) is 2.76. The number of carbonyl (C=O) groups excluding carboxylic acids is 1. The van der Waals surface area contributed by atoms with Crippen LogP contribution in [0.25, 0.3) is 0 Å². The Kier molecular flexibility index (Phi) is 7.12. The maximum atomic E-state index is 11.5. The summed E-state index contributed by atoms with van der Waals surface area (Å²) in [5.74, 6) is 0.640. The molecule has 1 fully saturated rings. The summed E-state index contributed by atoms with van der Waals surface area (Å²) >= 11 is 0. The third kappa shape index (κ3) is 6.05. The van der Waals surface area contributed by atoms with E-state index in [2.05, 4.69) is 10.6 Å². The smallest absolute Gasteiger partial charge is 0.220 e. The molecule has 0 saturated carbocycles. The highest BCUT2D eigenvalue weighted by Gasteiger charge is 2.17. The molecule has 1 aliphatic heterocycles. The van der Waals surface area contributed by atoms with Gasteiger partial charge in [-0.1, -0.05) is 0 Å². The van der Waals surface area contributed by atoms with E-state index in [0.29, 0.717) is 32.1 Å². The molecule has 0 spiro atoms. The first-order valence-corrected chi connectivity index (χ1v) is 5.99. The zero-order valence-corrected chi connectivity index (χ0v) is 9.71. The molecule has 1 amide bonds. The zero-order chi connectivity index (χ0) is 11.6. The van der Waals surface area contributed by atoms with Crippen molar-refractivity contribution in [2.75, 3.05) is 39.5 Å². The fourth-order valence-corrected chi connectivity index (χ4v) is 1.79. The summed E-state index contributed by atoms with van der Waals surface area (Å²) in [6, 6.07) is 0. The molecule has 0 radical (unpaired) electrons. The van der Waals surface area contributed by atoms with Gasteiger partial charge in [-0.05, 0) is 31.8 Å². The minimum Gasteiger partial charge on any atom is -0.394 e. The van der Waals surface area contributed by atoms with Crippen molar-refractivity contribution in [2.45, 2.75) is 19.3 Å². The van der Waals surface area contributed by atoms with Gasteiger partial charge < -0.3 is 20.5 Å². The van der Waals surface area contributed by atoms with Crippen LogP contribution in [0.3, 0.4) is 0 Å². The minimum absolute atomic E-state index is 0.0566. The van der Waals surface area contributed by atoms with Crippen molar-refractivity contribution < 1.29 is 14.6 Å². The summed E-state index contributed by atoms with van der Waals surface area (Å²) in [4.78, 5) is 11.5. The molecule has 3 N–H and O–H groups in total. The molecule has 1 rings (SSSR count). The van der Waals surface area contributed by atoms with Gasteiger partial charge in [-0.3, -0.25) is 4.79 Å². The van der Waals surface area contributed by atoms with Crippen molar-refractivity contribution in [2.24, 2.45) is 5.92 Å². The van der Waals surface area contributed by atoms with Gasteiger partial charge in [-0.25, -0.2) is 0 Å². The molecule has 0 aromatic carbocycles. The Balaban J connectivity index is 1.89. The maximum Gasteiger partial charge on any atom is 0.220 e. The quantitative estimate of drug-likeness (QED) is 0.492. The maximum absolute atomic E-state index is 11.5. The number of rotatable bonds is 8. The summed E-state index contributed by atoms with van der Waals surface area (Å²) in [5.41, 5.74) is 0. The van der Waals surface area contributed by atoms with Crippen molar-refractivity contribution in [3.05, 3.63) is 0 Å². The molecule has 1 saturated heterocycles. The third-order valence-electron chi connectivity index (χ3n) is 2.66. The first-order chi connectivity index (χ1) is 7.83. The Morgan fingerprint density at radius 3 is 3.06 bits per heavy atom. The van der Waals surface area contributed by atoms with E-state index < -0.39 is 0 Å². The van der Waals surface area contributed by atoms with Gasteiger partial charge in [0.1, 0.15) is 0 Å². The summed E-state index contributed by atoms with van der Waals surface area (Å²) in [5, 5.41) is 14.6. The highest BCUT2D eigenvalue weighted by molar-refractivity contribution is 5.76. The Labute approximate surface area is 96.6 Å². The van der Waals surface area contributed by atoms with E-state index in [9.17, 15) is 4.79 Å². The van der Waals surface area contributed by atoms with Crippen LogP contribution in [0.15, 0.2) is 0 Å². The van der Waals surface area contributed by atoms with E-state index in [1.165, 1.54) is 0 Å². The largest absolute Gasteiger partial charge is 0.394 e. The van der Waals surface area contributed by atoms with E-state index in [0.717, 1.165) is 25.9 Å². The second-order valence-corrected chi connectivity index (χ2v) is 4.10. The van der Waals surface area contributed by atoms with Crippen molar-refractivity contribution in [1.29, 1.82) is 0 Å². The summed E-state index contributed by atoms with van der Waals surface area (Å²) in [7, 11) is 0. The zero-order valence-electron chi connectivity index (χ0n) is 9.71. The molecular formula is C11H22N2O3. The first-order valence-electron chi connectivity index (χ1n) is 5.99. The number of carbonyl (C=O) groups is 1. The van der Waals surface area contributed by atoms with Crippen molar-refractivity contribution in [3.8, 4) is 0 Å². The number of nitrogens with one attached hydrogen (secondary N) is 2. The second kappa shape index (κ2) is 8.50. The van der Waals surface area contributed by atoms with Crippen LogP contribution in [-0.4, -0.2) is 50.5 Å². The molecule has 0 aromatic rings. The predicted octanol–water partition coefficient (Wildman–Crippen LogP) is -0.499. The summed E-state index contributed by atoms with van der Waals surface area (Å²) in [6.45, 7) is 3.68. The Morgan fingerprint density at radius 2 is 2.38 bits per heavy atom. The second-order valence-electron chi connectivity index (χ2n) is 4.10. The van der Waals surface area contributed by atoms with Gasteiger partial charge in [-0.2, -0.15) is 0 Å². The average molecular weight is 230 g/mol. The lowest BCUT2D eigenvalue weighted by atomic mass is 10.0. The number of aliphatic hydroxyl groups excluding tert-OH is 1. The van der Waals surface area contributed by atoms with Crippen LogP contribution in [0.5, 0.6) is 0 Å². The van der Waals surface area contributed by atoms with Gasteiger partial charge in [0.05, 0.1) is 13.2 Å². The van der Waals surface area contributed by atoms with Crippen LogP contribution in [-0.2, 0) is 9.53 Å². The van der Waals surface area contributed by atoms with Gasteiger partial charge in [0.2, 0.25) is 5.91 Å². The highest BCUT2D eigenvalue weighted by Crippen LogP contribution is 2.11. The molecular weight excluding hydrogens is 208 g/mol. The topological polar surface area (TPSA) is 70.6 Å². The number of amides is 1.